The average molecular weight is 521 g/mol. The van der Waals surface area contributed by atoms with Gasteiger partial charge in [0.1, 0.15) is 18.3 Å². The third-order valence-corrected chi connectivity index (χ3v) is 9.43. The summed E-state index contributed by atoms with van der Waals surface area (Å²) in [6, 6.07) is 0. The van der Waals surface area contributed by atoms with Gasteiger partial charge in [-0.25, -0.2) is 9.59 Å². The Bertz CT molecular complexity index is 1150. The van der Waals surface area contributed by atoms with Gasteiger partial charge in [0, 0.05) is 35.7 Å². The van der Waals surface area contributed by atoms with E-state index in [0.717, 1.165) is 7.11 Å². The van der Waals surface area contributed by atoms with E-state index in [0.29, 0.717) is 5.57 Å². The Morgan fingerprint density at radius 1 is 1.19 bits per heavy atom. The van der Waals surface area contributed by atoms with Crippen LogP contribution in [0.4, 0.5) is 0 Å². The van der Waals surface area contributed by atoms with E-state index in [2.05, 4.69) is 0 Å². The summed E-state index contributed by atoms with van der Waals surface area (Å²) >= 11 is 0. The van der Waals surface area contributed by atoms with Crippen molar-refractivity contribution in [1.82, 2.24) is 0 Å². The molecule has 5 aliphatic rings. The molecule has 2 heterocycles. The molecule has 11 nitrogen and oxygen atoms in total. The molecule has 0 aromatic heterocycles. The van der Waals surface area contributed by atoms with Gasteiger partial charge in [-0.3, -0.25) is 9.59 Å². The summed E-state index contributed by atoms with van der Waals surface area (Å²) < 4.78 is 22.8. The highest BCUT2D eigenvalue weighted by molar-refractivity contribution is 5.95. The van der Waals surface area contributed by atoms with Gasteiger partial charge in [-0.05, 0) is 31.8 Å². The summed E-state index contributed by atoms with van der Waals surface area (Å²) in [5, 5.41) is 33.6. The number of ether oxygens (including phenoxy) is 4. The summed E-state index contributed by atoms with van der Waals surface area (Å²) in [5.74, 6) is -6.14. The zero-order valence-electron chi connectivity index (χ0n) is 21.3. The highest BCUT2D eigenvalue weighted by Gasteiger charge is 2.84. The number of Topliss-reactive ketones (excluding diaryl/α,β-unsaturated/α-hetero) is 1. The fraction of sp³-hybridized carbons (Fsp3) is 0.692. The van der Waals surface area contributed by atoms with Crippen molar-refractivity contribution < 1.29 is 53.4 Å². The lowest BCUT2D eigenvalue weighted by Crippen LogP contribution is -2.79. The molecular formula is C26H32O11. The second kappa shape index (κ2) is 8.12. The lowest BCUT2D eigenvalue weighted by molar-refractivity contribution is -0.295. The molecule has 5 rings (SSSR count). The summed E-state index contributed by atoms with van der Waals surface area (Å²) in [6.45, 7) is 6.47. The first-order chi connectivity index (χ1) is 17.3. The zero-order valence-corrected chi connectivity index (χ0v) is 21.3. The van der Waals surface area contributed by atoms with Crippen LogP contribution in [0, 0.1) is 28.6 Å². The number of methoxy groups -OCH3 is 1. The van der Waals surface area contributed by atoms with Gasteiger partial charge < -0.3 is 34.3 Å². The quantitative estimate of drug-likeness (QED) is 0.270. The van der Waals surface area contributed by atoms with Crippen molar-refractivity contribution in [3.63, 3.8) is 0 Å². The largest absolute Gasteiger partial charge is 0.504 e. The van der Waals surface area contributed by atoms with Crippen LogP contribution in [0.25, 0.3) is 0 Å². The highest BCUT2D eigenvalue weighted by Crippen LogP contribution is 2.72. The molecule has 0 aromatic carbocycles. The summed E-state index contributed by atoms with van der Waals surface area (Å²) in [6.07, 6.45) is -4.98. The van der Waals surface area contributed by atoms with Crippen molar-refractivity contribution in [2.24, 2.45) is 28.6 Å². The molecule has 10 atom stereocenters. The minimum Gasteiger partial charge on any atom is -0.504 e. The fourth-order valence-electron chi connectivity index (χ4n) is 8.36. The summed E-state index contributed by atoms with van der Waals surface area (Å²) in [7, 11) is 1.12. The van der Waals surface area contributed by atoms with Crippen molar-refractivity contribution in [2.45, 2.75) is 70.6 Å². The third kappa shape index (κ3) is 3.04. The predicted octanol–water partition coefficient (Wildman–Crippen LogP) is 0.517. The van der Waals surface area contributed by atoms with Crippen molar-refractivity contribution in [1.29, 1.82) is 0 Å². The predicted molar refractivity (Wildman–Crippen MR) is 122 cm³/mol. The van der Waals surface area contributed by atoms with Crippen LogP contribution in [0.15, 0.2) is 23.0 Å². The third-order valence-electron chi connectivity index (χ3n) is 9.43. The van der Waals surface area contributed by atoms with Crippen molar-refractivity contribution in [2.75, 3.05) is 13.7 Å². The molecule has 4 fully saturated rings. The number of esters is 3. The number of ketones is 1. The van der Waals surface area contributed by atoms with E-state index in [4.69, 9.17) is 18.9 Å². The van der Waals surface area contributed by atoms with Crippen LogP contribution in [-0.4, -0.2) is 82.7 Å². The molecule has 2 aliphatic heterocycles. The number of fused-ring (bicyclic) bond motifs is 2. The number of hydrogen-bond donors (Lipinski definition) is 3. The SMILES string of the molecule is COC(=O)[C@]12OC[C@]34[C@H](OC(=O)C[C@@H]13)[C@H](OC(=O)C=C(C)C)[C@H]1C(C)=C(O)C(=O)C[C@]1(C)[C@H]4[C@@H](O)[C@@H]2O. The van der Waals surface area contributed by atoms with Gasteiger partial charge in [-0.1, -0.05) is 12.5 Å². The van der Waals surface area contributed by atoms with E-state index < -0.39 is 88.1 Å². The molecule has 1 spiro atoms. The maximum atomic E-state index is 13.1. The normalized spacial score (nSPS) is 45.9. The topological polar surface area (TPSA) is 166 Å². The molecule has 2 saturated carbocycles. The molecule has 0 radical (unpaired) electrons. The first kappa shape index (κ1) is 25.9. The Kier molecular flexibility index (Phi) is 5.68. The maximum absolute atomic E-state index is 13.1. The Balaban J connectivity index is 1.78. The summed E-state index contributed by atoms with van der Waals surface area (Å²) in [4.78, 5) is 52.0. The number of carbonyl (C=O) groups excluding carboxylic acids is 4. The van der Waals surface area contributed by atoms with Gasteiger partial charge in [0.2, 0.25) is 0 Å². The number of allylic oxidation sites excluding steroid dienone is 2. The van der Waals surface area contributed by atoms with E-state index in [-0.39, 0.29) is 25.0 Å². The molecule has 3 N–H and O–H groups in total. The Hall–Kier alpha value is -2.76. The van der Waals surface area contributed by atoms with E-state index in [9.17, 15) is 34.5 Å². The Morgan fingerprint density at radius 3 is 2.49 bits per heavy atom. The van der Waals surface area contributed by atoms with Crippen LogP contribution < -0.4 is 0 Å². The summed E-state index contributed by atoms with van der Waals surface area (Å²) in [5.41, 5.74) is -3.62. The molecular weight excluding hydrogens is 488 g/mol. The number of aliphatic hydroxyl groups excluding tert-OH is 3. The van der Waals surface area contributed by atoms with Crippen molar-refractivity contribution >= 4 is 23.7 Å². The smallest absolute Gasteiger partial charge is 0.341 e. The van der Waals surface area contributed by atoms with Gasteiger partial charge in [0.05, 0.1) is 26.2 Å². The van der Waals surface area contributed by atoms with Gasteiger partial charge in [0.25, 0.3) is 0 Å². The minimum atomic E-state index is -2.05. The van der Waals surface area contributed by atoms with E-state index in [1.54, 1.807) is 20.8 Å². The molecule has 0 amide bonds. The van der Waals surface area contributed by atoms with Crippen LogP contribution in [-0.2, 0) is 38.1 Å². The monoisotopic (exact) mass is 520 g/mol. The van der Waals surface area contributed by atoms with Crippen LogP contribution in [0.1, 0.15) is 40.5 Å². The second-order valence-electron chi connectivity index (χ2n) is 11.5. The van der Waals surface area contributed by atoms with Gasteiger partial charge in [-0.2, -0.15) is 0 Å². The molecule has 3 aliphatic carbocycles. The molecule has 202 valence electrons. The molecule has 11 heteroatoms. The van der Waals surface area contributed by atoms with Gasteiger partial charge >= 0.3 is 17.9 Å². The highest BCUT2D eigenvalue weighted by atomic mass is 16.6. The van der Waals surface area contributed by atoms with Gasteiger partial charge in [-0.15, -0.1) is 0 Å². The Morgan fingerprint density at radius 2 is 1.86 bits per heavy atom. The van der Waals surface area contributed by atoms with Crippen LogP contribution in [0.5, 0.6) is 0 Å². The van der Waals surface area contributed by atoms with E-state index >= 15 is 0 Å². The number of hydrogen-bond acceptors (Lipinski definition) is 11. The molecule has 2 saturated heterocycles. The number of rotatable bonds is 3. The van der Waals surface area contributed by atoms with Crippen molar-refractivity contribution in [3.05, 3.63) is 23.0 Å². The molecule has 0 aromatic rings. The Labute approximate surface area is 213 Å². The fourth-order valence-corrected chi connectivity index (χ4v) is 8.36. The molecule has 0 unspecified atom stereocenters. The van der Waals surface area contributed by atoms with Crippen LogP contribution in [0.3, 0.4) is 0 Å². The lowest BCUT2D eigenvalue weighted by Gasteiger charge is -2.67. The van der Waals surface area contributed by atoms with Crippen LogP contribution in [0.2, 0.25) is 0 Å². The number of aliphatic hydroxyl groups is 3. The van der Waals surface area contributed by atoms with E-state index in [1.165, 1.54) is 13.0 Å². The average Bonchev–Trinajstić information content (AvgIpc) is 3.10. The second-order valence-corrected chi connectivity index (χ2v) is 11.5. The first-order valence-corrected chi connectivity index (χ1v) is 12.3. The van der Waals surface area contributed by atoms with E-state index in [1.807, 2.05) is 0 Å². The van der Waals surface area contributed by atoms with Gasteiger partial charge in [0.15, 0.2) is 17.1 Å². The van der Waals surface area contributed by atoms with Crippen LogP contribution >= 0.6 is 0 Å². The van der Waals surface area contributed by atoms with Crippen molar-refractivity contribution in [3.8, 4) is 0 Å². The maximum Gasteiger partial charge on any atom is 0.341 e. The molecule has 37 heavy (non-hydrogen) atoms. The standard InChI is InChI=1S/C26H32O11/c1-10(2)6-14(28)36-19-16-11(3)17(30)12(27)8-24(16,4)20-18(31)21(32)26(23(33)34-5)13-7-15(29)37-22(19)25(13,20)9-35-26/h6,13,16,18-22,30-32H,7-9H2,1-5H3/t13-,16-,18-,19-,20-,21+,22-,24+,25+,26+/m1/s1. The lowest BCUT2D eigenvalue weighted by atomic mass is 9.38. The minimum absolute atomic E-state index is 0.217. The molecule has 2 bridgehead atoms. The first-order valence-electron chi connectivity index (χ1n) is 12.3. The number of carbonyl (C=O) groups is 4. The zero-order chi connectivity index (χ0) is 27.2.